The van der Waals surface area contributed by atoms with Crippen LogP contribution < -0.4 is 14.4 Å². The maximum absolute atomic E-state index is 13.9. The summed E-state index contributed by atoms with van der Waals surface area (Å²) >= 11 is 0. The van der Waals surface area contributed by atoms with E-state index in [1.54, 1.807) is 41.3 Å². The number of ether oxygens (including phenoxy) is 2. The van der Waals surface area contributed by atoms with Crippen LogP contribution in [0.25, 0.3) is 0 Å². The minimum Gasteiger partial charge on any atom is -0.493 e. The second-order valence-corrected chi connectivity index (χ2v) is 11.4. The highest BCUT2D eigenvalue weighted by atomic mass is 16.5. The number of para-hydroxylation sites is 1. The minimum absolute atomic E-state index is 0.139. The van der Waals surface area contributed by atoms with E-state index in [2.05, 4.69) is 4.90 Å². The van der Waals surface area contributed by atoms with Gasteiger partial charge in [0.05, 0.1) is 31.0 Å². The molecule has 10 heteroatoms. The van der Waals surface area contributed by atoms with Crippen molar-refractivity contribution in [3.63, 3.8) is 0 Å². The molecule has 7 rings (SSSR count). The van der Waals surface area contributed by atoms with Crippen molar-refractivity contribution in [3.05, 3.63) is 53.1 Å². The van der Waals surface area contributed by atoms with Gasteiger partial charge in [0.2, 0.25) is 11.8 Å². The molecule has 2 unspecified atom stereocenters. The molecule has 0 N–H and O–H groups in total. The van der Waals surface area contributed by atoms with Gasteiger partial charge in [0, 0.05) is 37.7 Å². The molecule has 0 aromatic heterocycles. The fourth-order valence-electron chi connectivity index (χ4n) is 7.64. The summed E-state index contributed by atoms with van der Waals surface area (Å²) in [5.41, 5.74) is 1.83. The highest BCUT2D eigenvalue weighted by Gasteiger charge is 2.51. The molecular weight excluding hydrogens is 512 g/mol. The monoisotopic (exact) mass is 544 g/mol. The number of carbonyl (C=O) groups is 4. The van der Waals surface area contributed by atoms with Gasteiger partial charge in [-0.05, 0) is 49.3 Å². The minimum atomic E-state index is -0.774. The van der Waals surface area contributed by atoms with E-state index in [4.69, 9.17) is 9.47 Å². The fraction of sp³-hybridized carbons (Fsp3) is 0.467. The van der Waals surface area contributed by atoms with Gasteiger partial charge in [-0.1, -0.05) is 18.2 Å². The number of carbonyl (C=O) groups excluding carboxylic acids is 4. The summed E-state index contributed by atoms with van der Waals surface area (Å²) in [7, 11) is 2.99. The third-order valence-corrected chi connectivity index (χ3v) is 9.32. The van der Waals surface area contributed by atoms with Gasteiger partial charge in [-0.15, -0.1) is 0 Å². The van der Waals surface area contributed by atoms with E-state index in [1.807, 2.05) is 4.90 Å². The Balaban J connectivity index is 1.22. The molecule has 0 spiro atoms. The quantitative estimate of drug-likeness (QED) is 0.587. The number of likely N-dealkylation sites (tertiary alicyclic amines) is 1. The first-order valence-electron chi connectivity index (χ1n) is 14.0. The Hall–Kier alpha value is -4.08. The first-order valence-corrected chi connectivity index (χ1v) is 14.0. The predicted octanol–water partition coefficient (Wildman–Crippen LogP) is 2.68. The van der Waals surface area contributed by atoms with Crippen LogP contribution in [-0.2, 0) is 9.59 Å². The number of hydrogen-bond donors (Lipinski definition) is 0. The number of hydrogen-bond acceptors (Lipinski definition) is 6. The van der Waals surface area contributed by atoms with Crippen molar-refractivity contribution < 1.29 is 28.7 Å². The van der Waals surface area contributed by atoms with Crippen molar-refractivity contribution in [3.8, 4) is 11.5 Å². The topological polar surface area (TPSA) is 99.7 Å². The van der Waals surface area contributed by atoms with Crippen LogP contribution in [0.5, 0.6) is 11.5 Å². The van der Waals surface area contributed by atoms with Crippen LogP contribution in [-0.4, -0.2) is 84.8 Å². The summed E-state index contributed by atoms with van der Waals surface area (Å²) in [5.74, 6) is 0.725. The highest BCUT2D eigenvalue weighted by molar-refractivity contribution is 6.18. The molecule has 2 aromatic carbocycles. The van der Waals surface area contributed by atoms with Crippen LogP contribution in [0.1, 0.15) is 58.1 Å². The molecule has 208 valence electrons. The van der Waals surface area contributed by atoms with E-state index in [1.165, 1.54) is 19.1 Å². The number of nitrogens with zero attached hydrogens (tertiary/aromatic N) is 4. The van der Waals surface area contributed by atoms with Crippen LogP contribution in [0.4, 0.5) is 5.69 Å². The van der Waals surface area contributed by atoms with Crippen LogP contribution in [0.2, 0.25) is 0 Å². The van der Waals surface area contributed by atoms with Gasteiger partial charge in [0.25, 0.3) is 11.8 Å². The third-order valence-electron chi connectivity index (χ3n) is 9.32. The maximum Gasteiger partial charge on any atom is 0.264 e. The second-order valence-electron chi connectivity index (χ2n) is 11.4. The predicted molar refractivity (Wildman–Crippen MR) is 144 cm³/mol. The summed E-state index contributed by atoms with van der Waals surface area (Å²) in [4.78, 5) is 61.3. The Morgan fingerprint density at radius 2 is 1.80 bits per heavy atom. The lowest BCUT2D eigenvalue weighted by Crippen LogP contribution is -2.62. The van der Waals surface area contributed by atoms with Crippen molar-refractivity contribution in [1.82, 2.24) is 14.7 Å². The molecule has 10 nitrogen and oxygen atoms in total. The van der Waals surface area contributed by atoms with E-state index < -0.39 is 6.17 Å². The zero-order valence-electron chi connectivity index (χ0n) is 22.7. The number of methoxy groups -OCH3 is 2. The van der Waals surface area contributed by atoms with Crippen molar-refractivity contribution >= 4 is 29.3 Å². The van der Waals surface area contributed by atoms with Gasteiger partial charge in [0.15, 0.2) is 11.5 Å². The average molecular weight is 545 g/mol. The zero-order chi connectivity index (χ0) is 27.7. The first kappa shape index (κ1) is 24.9. The SMILES string of the molecule is COc1ccc2c(c1OC)C(=O)N1c3ccccc3C(=O)N(CC(=O)N3C[C@H]4C[C@@H](C3)C3CCCC(=O)N3C4)C21. The van der Waals surface area contributed by atoms with E-state index in [0.717, 1.165) is 19.3 Å². The zero-order valence-corrected chi connectivity index (χ0v) is 22.7. The molecule has 0 aliphatic carbocycles. The highest BCUT2D eigenvalue weighted by Crippen LogP contribution is 2.49. The van der Waals surface area contributed by atoms with E-state index in [0.29, 0.717) is 59.9 Å². The van der Waals surface area contributed by atoms with E-state index in [9.17, 15) is 19.2 Å². The van der Waals surface area contributed by atoms with Gasteiger partial charge in [-0.3, -0.25) is 24.1 Å². The largest absolute Gasteiger partial charge is 0.493 e. The summed E-state index contributed by atoms with van der Waals surface area (Å²) in [5, 5.41) is 0. The molecule has 0 saturated carbocycles. The van der Waals surface area contributed by atoms with E-state index >= 15 is 0 Å². The standard InChI is InChI=1S/C30H32N4O6/c1-39-23-11-10-20-26(27(23)40-2)30(38)34-22-7-4-3-6-19(22)29(37)33(28(20)34)16-25(36)31-13-17-12-18(15-31)21-8-5-9-24(35)32(21)14-17/h3-4,6-7,10-11,17-18,21,28H,5,8-9,12-16H2,1-2H3/t17-,18+,21?,28?/m1/s1. The molecule has 3 saturated heterocycles. The van der Waals surface area contributed by atoms with Crippen molar-refractivity contribution in [2.24, 2.45) is 11.8 Å². The van der Waals surface area contributed by atoms with Gasteiger partial charge < -0.3 is 24.2 Å². The van der Waals surface area contributed by atoms with Gasteiger partial charge >= 0.3 is 0 Å². The van der Waals surface area contributed by atoms with Crippen LogP contribution in [0, 0.1) is 11.8 Å². The molecule has 3 fully saturated rings. The molecule has 5 aliphatic heterocycles. The molecule has 2 aromatic rings. The molecule has 40 heavy (non-hydrogen) atoms. The van der Waals surface area contributed by atoms with Crippen LogP contribution in [0.15, 0.2) is 36.4 Å². The van der Waals surface area contributed by atoms with Crippen LogP contribution in [0.3, 0.4) is 0 Å². The lowest BCUT2D eigenvalue weighted by molar-refractivity contribution is -0.149. The molecule has 5 aliphatic rings. The Kier molecular flexibility index (Phi) is 5.76. The average Bonchev–Trinajstić information content (AvgIpc) is 3.27. The Bertz CT molecular complexity index is 1440. The van der Waals surface area contributed by atoms with E-state index in [-0.39, 0.29) is 48.1 Å². The molecular formula is C30H32N4O6. The Morgan fingerprint density at radius 1 is 0.975 bits per heavy atom. The van der Waals surface area contributed by atoms with Gasteiger partial charge in [-0.2, -0.15) is 0 Å². The summed E-state index contributed by atoms with van der Waals surface area (Å²) in [6, 6.07) is 10.7. The van der Waals surface area contributed by atoms with Gasteiger partial charge in [0.1, 0.15) is 12.7 Å². The van der Waals surface area contributed by atoms with Gasteiger partial charge in [-0.25, -0.2) is 0 Å². The normalized spacial score (nSPS) is 26.7. The van der Waals surface area contributed by atoms with Crippen molar-refractivity contribution in [1.29, 1.82) is 0 Å². The Labute approximate surface area is 232 Å². The second kappa shape index (κ2) is 9.25. The maximum atomic E-state index is 13.9. The fourth-order valence-corrected chi connectivity index (χ4v) is 7.64. The lowest BCUT2D eigenvalue weighted by atomic mass is 9.76. The Morgan fingerprint density at radius 3 is 2.60 bits per heavy atom. The number of piperidine rings is 3. The van der Waals surface area contributed by atoms with Crippen molar-refractivity contribution in [2.45, 2.75) is 37.9 Å². The molecule has 0 radical (unpaired) electrons. The number of amides is 4. The number of rotatable bonds is 4. The lowest BCUT2D eigenvalue weighted by Gasteiger charge is -2.52. The molecule has 4 amide bonds. The number of benzene rings is 2. The molecule has 4 atom stereocenters. The number of fused-ring (bicyclic) bond motifs is 9. The summed E-state index contributed by atoms with van der Waals surface area (Å²) in [6.07, 6.45) is 2.74. The smallest absolute Gasteiger partial charge is 0.264 e. The summed E-state index contributed by atoms with van der Waals surface area (Å²) < 4.78 is 11.0. The first-order chi connectivity index (χ1) is 19.4. The van der Waals surface area contributed by atoms with Crippen LogP contribution >= 0.6 is 0 Å². The van der Waals surface area contributed by atoms with Crippen molar-refractivity contribution in [2.75, 3.05) is 45.3 Å². The third kappa shape index (κ3) is 3.54. The molecule has 2 bridgehead atoms. The number of anilines is 1. The molecule has 5 heterocycles. The summed E-state index contributed by atoms with van der Waals surface area (Å²) in [6.45, 7) is 1.69.